The molecule has 3 atom stereocenters. The monoisotopic (exact) mass is 551 g/mol. The molecule has 0 bridgehead atoms. The van der Waals surface area contributed by atoms with E-state index in [-0.39, 0.29) is 25.9 Å². The lowest BCUT2D eigenvalue weighted by molar-refractivity contribution is -0.159. The van der Waals surface area contributed by atoms with Crippen LogP contribution in [-0.4, -0.2) is 71.9 Å². The second-order valence-electron chi connectivity index (χ2n) is 11.4. The molecule has 3 amide bonds. The highest BCUT2D eigenvalue weighted by Gasteiger charge is 2.48. The number of fused-ring (bicyclic) bond motifs is 3. The average Bonchev–Trinajstić information content (AvgIpc) is 3.44. The van der Waals surface area contributed by atoms with Gasteiger partial charge in [-0.15, -0.1) is 0 Å². The number of nitrogens with zero attached hydrogens (tertiary/aromatic N) is 1. The molecule has 1 fully saturated rings. The lowest BCUT2D eigenvalue weighted by Gasteiger charge is -2.34. The second kappa shape index (κ2) is 11.3. The Hall–Kier alpha value is -3.92. The highest BCUT2D eigenvalue weighted by molar-refractivity contribution is 5.96. The van der Waals surface area contributed by atoms with Crippen LogP contribution in [-0.2, 0) is 28.6 Å². The largest absolute Gasteiger partial charge is 0.458 e. The number of hydrogen-bond donors (Lipinski definition) is 2. The van der Waals surface area contributed by atoms with Gasteiger partial charge >= 0.3 is 12.1 Å². The van der Waals surface area contributed by atoms with E-state index >= 15 is 0 Å². The van der Waals surface area contributed by atoms with Crippen LogP contribution in [0.15, 0.2) is 48.5 Å². The third kappa shape index (κ3) is 5.96. The van der Waals surface area contributed by atoms with Crippen LogP contribution in [0.4, 0.5) is 4.79 Å². The number of hydrogen-bond acceptors (Lipinski definition) is 7. The Morgan fingerprint density at radius 1 is 0.975 bits per heavy atom. The summed E-state index contributed by atoms with van der Waals surface area (Å²) in [6.07, 6.45) is -0.743. The zero-order valence-electron chi connectivity index (χ0n) is 23.8. The van der Waals surface area contributed by atoms with Crippen LogP contribution in [0.25, 0.3) is 11.1 Å². The first-order valence-electron chi connectivity index (χ1n) is 13.4. The van der Waals surface area contributed by atoms with Crippen molar-refractivity contribution in [3.05, 3.63) is 59.7 Å². The molecule has 2 aromatic rings. The quantitative estimate of drug-likeness (QED) is 0.506. The summed E-state index contributed by atoms with van der Waals surface area (Å²) in [5.74, 6) is -1.79. The first kappa shape index (κ1) is 29.1. The van der Waals surface area contributed by atoms with Crippen LogP contribution < -0.4 is 10.6 Å². The number of benzene rings is 2. The van der Waals surface area contributed by atoms with Crippen LogP contribution in [0.1, 0.15) is 58.6 Å². The Bertz CT molecular complexity index is 1260. The predicted octanol–water partition coefficient (Wildman–Crippen LogP) is 3.34. The molecule has 0 aromatic heterocycles. The van der Waals surface area contributed by atoms with Gasteiger partial charge in [0.25, 0.3) is 0 Å². The van der Waals surface area contributed by atoms with Crippen LogP contribution in [0.5, 0.6) is 0 Å². The van der Waals surface area contributed by atoms with Gasteiger partial charge in [0.05, 0.1) is 6.61 Å². The van der Waals surface area contributed by atoms with Crippen molar-refractivity contribution in [2.45, 2.75) is 70.7 Å². The first-order valence-corrected chi connectivity index (χ1v) is 13.4. The van der Waals surface area contributed by atoms with Gasteiger partial charge in [-0.05, 0) is 63.8 Å². The molecule has 0 unspecified atom stereocenters. The van der Waals surface area contributed by atoms with Gasteiger partial charge < -0.3 is 29.7 Å². The third-order valence-electron chi connectivity index (χ3n) is 7.11. The normalized spacial score (nSPS) is 19.7. The molecule has 0 radical (unpaired) electrons. The maximum Gasteiger partial charge on any atom is 0.407 e. The van der Waals surface area contributed by atoms with Crippen LogP contribution >= 0.6 is 0 Å². The molecule has 1 aliphatic heterocycles. The fraction of sp³-hybridized carbons (Fsp3) is 0.467. The average molecular weight is 552 g/mol. The summed E-state index contributed by atoms with van der Waals surface area (Å²) < 4.78 is 16.3. The van der Waals surface area contributed by atoms with Crippen molar-refractivity contribution in [1.82, 2.24) is 15.5 Å². The van der Waals surface area contributed by atoms with E-state index in [1.54, 1.807) is 27.7 Å². The van der Waals surface area contributed by atoms with Crippen LogP contribution in [0.3, 0.4) is 0 Å². The van der Waals surface area contributed by atoms with E-state index in [2.05, 4.69) is 22.8 Å². The lowest BCUT2D eigenvalue weighted by Crippen LogP contribution is -2.62. The summed E-state index contributed by atoms with van der Waals surface area (Å²) in [4.78, 5) is 52.8. The molecular weight excluding hydrogens is 514 g/mol. The number of ether oxygens (including phenoxy) is 3. The van der Waals surface area contributed by atoms with Gasteiger partial charge in [0.15, 0.2) is 0 Å². The summed E-state index contributed by atoms with van der Waals surface area (Å²) in [6, 6.07) is 14.1. The fourth-order valence-electron chi connectivity index (χ4n) is 4.96. The Kier molecular flexibility index (Phi) is 8.20. The van der Waals surface area contributed by atoms with Crippen molar-refractivity contribution in [3.8, 4) is 11.1 Å². The molecule has 40 heavy (non-hydrogen) atoms. The molecule has 2 aliphatic rings. The molecule has 214 valence electrons. The molecule has 0 saturated carbocycles. The number of alkyl carbamates (subject to hydrolysis) is 1. The van der Waals surface area contributed by atoms with Crippen LogP contribution in [0, 0.1) is 0 Å². The molecule has 0 spiro atoms. The maximum atomic E-state index is 13.3. The number of rotatable bonds is 7. The smallest absolute Gasteiger partial charge is 0.407 e. The topological polar surface area (TPSA) is 123 Å². The number of amides is 3. The summed E-state index contributed by atoms with van der Waals surface area (Å²) in [5, 5.41) is 5.19. The molecule has 1 aliphatic carbocycles. The molecular formula is C30H37N3O7. The minimum Gasteiger partial charge on any atom is -0.458 e. The summed E-state index contributed by atoms with van der Waals surface area (Å²) in [7, 11) is 0. The summed E-state index contributed by atoms with van der Waals surface area (Å²) in [5.41, 5.74) is 2.30. The molecule has 10 heteroatoms. The Labute approximate surface area is 234 Å². The number of esters is 1. The zero-order valence-corrected chi connectivity index (χ0v) is 23.8. The standard InChI is InChI=1S/C30H37N3O7/c1-18(25(34)33-17-38-16-30(33,6)27(36)31-19(2)26(35)40-29(3,4)5)32-28(37)39-15-24-22-13-9-7-11-20(22)21-12-8-10-14-23(21)24/h7-14,18-19,24H,15-17H2,1-6H3,(H,31,36)(H,32,37)/t18-,19-,30-/m0/s1. The van der Waals surface area contributed by atoms with E-state index in [9.17, 15) is 19.2 Å². The molecule has 1 saturated heterocycles. The van der Waals surface area contributed by atoms with Gasteiger partial charge in [0, 0.05) is 5.92 Å². The Balaban J connectivity index is 1.35. The van der Waals surface area contributed by atoms with Crippen molar-refractivity contribution in [2.75, 3.05) is 19.9 Å². The van der Waals surface area contributed by atoms with Gasteiger partial charge in [-0.25, -0.2) is 9.59 Å². The molecule has 1 heterocycles. The molecule has 2 N–H and O–H groups in total. The van der Waals surface area contributed by atoms with E-state index in [0.717, 1.165) is 22.3 Å². The van der Waals surface area contributed by atoms with Gasteiger partial charge in [-0.3, -0.25) is 9.59 Å². The predicted molar refractivity (Wildman–Crippen MR) is 147 cm³/mol. The Morgan fingerprint density at radius 3 is 2.12 bits per heavy atom. The van der Waals surface area contributed by atoms with Crippen molar-refractivity contribution in [3.63, 3.8) is 0 Å². The van der Waals surface area contributed by atoms with E-state index in [0.29, 0.717) is 0 Å². The van der Waals surface area contributed by atoms with Crippen molar-refractivity contribution in [2.24, 2.45) is 0 Å². The minimum absolute atomic E-state index is 0.0662. The van der Waals surface area contributed by atoms with E-state index in [4.69, 9.17) is 14.2 Å². The Morgan fingerprint density at radius 2 is 1.55 bits per heavy atom. The van der Waals surface area contributed by atoms with Crippen molar-refractivity contribution >= 4 is 23.9 Å². The number of carbonyl (C=O) groups is 4. The SMILES string of the molecule is C[C@H](NC(=O)[C@]1(C)COCN1C(=O)[C@H](C)NC(=O)OCC1c2ccccc2-c2ccccc21)C(=O)OC(C)(C)C. The first-order chi connectivity index (χ1) is 18.8. The molecule has 2 aromatic carbocycles. The fourth-order valence-corrected chi connectivity index (χ4v) is 4.96. The summed E-state index contributed by atoms with van der Waals surface area (Å²) >= 11 is 0. The van der Waals surface area contributed by atoms with Gasteiger partial charge in [0.1, 0.15) is 36.6 Å². The molecule has 4 rings (SSSR count). The van der Waals surface area contributed by atoms with Gasteiger partial charge in [-0.1, -0.05) is 48.5 Å². The highest BCUT2D eigenvalue weighted by atomic mass is 16.6. The van der Waals surface area contributed by atoms with E-state index in [1.165, 1.54) is 18.7 Å². The highest BCUT2D eigenvalue weighted by Crippen LogP contribution is 2.44. The van der Waals surface area contributed by atoms with Crippen molar-refractivity contribution < 1.29 is 33.4 Å². The number of carbonyl (C=O) groups excluding carboxylic acids is 4. The number of nitrogens with one attached hydrogen (secondary N) is 2. The van der Waals surface area contributed by atoms with Gasteiger partial charge in [-0.2, -0.15) is 0 Å². The summed E-state index contributed by atoms with van der Waals surface area (Å²) in [6.45, 7) is 9.68. The lowest BCUT2D eigenvalue weighted by atomic mass is 9.98. The van der Waals surface area contributed by atoms with E-state index in [1.807, 2.05) is 36.4 Å². The van der Waals surface area contributed by atoms with Crippen molar-refractivity contribution in [1.29, 1.82) is 0 Å². The maximum absolute atomic E-state index is 13.3. The third-order valence-corrected chi connectivity index (χ3v) is 7.11. The molecule has 10 nitrogen and oxygen atoms in total. The minimum atomic E-state index is -1.38. The van der Waals surface area contributed by atoms with E-state index < -0.39 is 47.1 Å². The van der Waals surface area contributed by atoms with Gasteiger partial charge in [0.2, 0.25) is 11.8 Å². The zero-order chi connectivity index (χ0) is 29.2. The van der Waals surface area contributed by atoms with Crippen LogP contribution in [0.2, 0.25) is 0 Å². The second-order valence-corrected chi connectivity index (χ2v) is 11.4.